The molecule has 0 saturated heterocycles. The van der Waals surface area contributed by atoms with Gasteiger partial charge < -0.3 is 15.0 Å². The van der Waals surface area contributed by atoms with Gasteiger partial charge in [0.05, 0.1) is 10.6 Å². The van der Waals surface area contributed by atoms with Crippen molar-refractivity contribution in [2.75, 3.05) is 17.4 Å². The lowest BCUT2D eigenvalue weighted by atomic mass is 10.1. The molecule has 0 heterocycles. The molecule has 0 spiro atoms. The molecule has 0 bridgehead atoms. The largest absolute Gasteiger partial charge is 0.457 e. The summed E-state index contributed by atoms with van der Waals surface area (Å²) in [6.45, 7) is 9.12. The van der Waals surface area contributed by atoms with E-state index in [0.29, 0.717) is 30.0 Å². The first-order chi connectivity index (χ1) is 21.9. The van der Waals surface area contributed by atoms with Crippen molar-refractivity contribution < 1.29 is 22.7 Å². The molecule has 0 aliphatic heterocycles. The van der Waals surface area contributed by atoms with Crippen LogP contribution in [-0.4, -0.2) is 49.8 Å². The predicted molar refractivity (Wildman–Crippen MR) is 183 cm³/mol. The van der Waals surface area contributed by atoms with Crippen LogP contribution in [0.5, 0.6) is 11.5 Å². The highest BCUT2D eigenvalue weighted by atomic mass is 32.2. The summed E-state index contributed by atoms with van der Waals surface area (Å²) in [6.07, 6.45) is 0.862. The number of rotatable bonds is 13. The van der Waals surface area contributed by atoms with Crippen LogP contribution in [0.2, 0.25) is 0 Å². The Bertz CT molecular complexity index is 1690. The molecule has 4 aromatic carbocycles. The molecule has 1 N–H and O–H groups in total. The Labute approximate surface area is 273 Å². The molecule has 0 saturated carbocycles. The number of amides is 2. The van der Waals surface area contributed by atoms with Crippen molar-refractivity contribution in [2.24, 2.45) is 0 Å². The molecule has 242 valence electrons. The van der Waals surface area contributed by atoms with Crippen molar-refractivity contribution in [3.63, 3.8) is 0 Å². The van der Waals surface area contributed by atoms with Crippen molar-refractivity contribution in [1.29, 1.82) is 0 Å². The van der Waals surface area contributed by atoms with E-state index in [1.54, 1.807) is 36.4 Å². The number of benzene rings is 4. The molecular weight excluding hydrogens is 598 g/mol. The van der Waals surface area contributed by atoms with Gasteiger partial charge in [0.25, 0.3) is 10.0 Å². The zero-order chi connectivity index (χ0) is 33.3. The third kappa shape index (κ3) is 9.20. The van der Waals surface area contributed by atoms with Gasteiger partial charge in [-0.2, -0.15) is 0 Å². The number of ether oxygens (including phenoxy) is 1. The van der Waals surface area contributed by atoms with E-state index in [2.05, 4.69) is 5.32 Å². The van der Waals surface area contributed by atoms with E-state index in [4.69, 9.17) is 4.74 Å². The molecule has 9 heteroatoms. The molecule has 0 aliphatic carbocycles. The molecule has 1 atom stereocenters. The normalized spacial score (nSPS) is 12.2. The molecule has 4 rings (SSSR count). The first-order valence-corrected chi connectivity index (χ1v) is 16.9. The molecule has 0 radical (unpaired) electrons. The number of sulfonamides is 1. The fourth-order valence-corrected chi connectivity index (χ4v) is 6.43. The predicted octanol–water partition coefficient (Wildman–Crippen LogP) is 6.75. The van der Waals surface area contributed by atoms with Crippen molar-refractivity contribution in [1.82, 2.24) is 10.2 Å². The van der Waals surface area contributed by atoms with Crippen molar-refractivity contribution in [3.05, 3.63) is 120 Å². The number of para-hydroxylation sites is 1. The van der Waals surface area contributed by atoms with Crippen LogP contribution in [0.3, 0.4) is 0 Å². The summed E-state index contributed by atoms with van der Waals surface area (Å²) in [6, 6.07) is 31.3. The summed E-state index contributed by atoms with van der Waals surface area (Å²) in [4.78, 5) is 29.3. The number of carbonyl (C=O) groups excluding carboxylic acids is 2. The van der Waals surface area contributed by atoms with Gasteiger partial charge in [0, 0.05) is 12.1 Å². The van der Waals surface area contributed by atoms with E-state index >= 15 is 0 Å². The minimum Gasteiger partial charge on any atom is -0.457 e. The maximum Gasteiger partial charge on any atom is 0.264 e. The quantitative estimate of drug-likeness (QED) is 0.174. The summed E-state index contributed by atoms with van der Waals surface area (Å²) in [7, 11) is -4.18. The molecular formula is C37H43N3O5S. The zero-order valence-corrected chi connectivity index (χ0v) is 28.0. The standard InChI is InChI=1S/C37H43N3O5S/c1-6-34(36(42)38-37(3,4)5)39(26-25-29-13-9-7-10-14-29)35(41)27-40(46(43,44)33-23-17-28(2)18-24-33)30-19-21-32(22-20-30)45-31-15-11-8-12-16-31/h7-24,34H,6,25-27H2,1-5H3,(H,38,42). The van der Waals surface area contributed by atoms with Gasteiger partial charge in [0.1, 0.15) is 24.1 Å². The molecule has 2 amide bonds. The minimum absolute atomic E-state index is 0.0591. The van der Waals surface area contributed by atoms with E-state index in [1.807, 2.05) is 95.3 Å². The van der Waals surface area contributed by atoms with Gasteiger partial charge in [0.2, 0.25) is 11.8 Å². The second-order valence-corrected chi connectivity index (χ2v) is 14.1. The van der Waals surface area contributed by atoms with Gasteiger partial charge in [-0.15, -0.1) is 0 Å². The Morgan fingerprint density at radius 2 is 1.37 bits per heavy atom. The second kappa shape index (κ2) is 15.1. The van der Waals surface area contributed by atoms with E-state index < -0.39 is 34.1 Å². The number of hydrogen-bond acceptors (Lipinski definition) is 5. The van der Waals surface area contributed by atoms with Gasteiger partial charge in [-0.05, 0) is 94.6 Å². The lowest BCUT2D eigenvalue weighted by Gasteiger charge is -2.34. The third-order valence-corrected chi connectivity index (χ3v) is 9.15. The van der Waals surface area contributed by atoms with Crippen LogP contribution >= 0.6 is 0 Å². The lowest BCUT2D eigenvalue weighted by molar-refractivity contribution is -0.140. The molecule has 8 nitrogen and oxygen atoms in total. The first kappa shape index (κ1) is 34.2. The van der Waals surface area contributed by atoms with Crippen LogP contribution in [0.4, 0.5) is 5.69 Å². The smallest absolute Gasteiger partial charge is 0.264 e. The number of anilines is 1. The van der Waals surface area contributed by atoms with Crippen molar-refractivity contribution >= 4 is 27.5 Å². The maximum absolute atomic E-state index is 14.3. The summed E-state index contributed by atoms with van der Waals surface area (Å²) in [5.41, 5.74) is 1.70. The number of hydrogen-bond donors (Lipinski definition) is 1. The van der Waals surface area contributed by atoms with E-state index in [9.17, 15) is 18.0 Å². The molecule has 0 aromatic heterocycles. The number of carbonyl (C=O) groups is 2. The van der Waals surface area contributed by atoms with Gasteiger partial charge in [0.15, 0.2) is 0 Å². The Morgan fingerprint density at radius 1 is 0.804 bits per heavy atom. The summed E-state index contributed by atoms with van der Waals surface area (Å²) in [5, 5.41) is 3.00. The first-order valence-electron chi connectivity index (χ1n) is 15.4. The van der Waals surface area contributed by atoms with Crippen LogP contribution in [0.25, 0.3) is 0 Å². The van der Waals surface area contributed by atoms with E-state index in [-0.39, 0.29) is 17.3 Å². The Kier molecular flexibility index (Phi) is 11.2. The van der Waals surface area contributed by atoms with Crippen molar-refractivity contribution in [2.45, 2.75) is 63.9 Å². The molecule has 1 unspecified atom stereocenters. The van der Waals surface area contributed by atoms with Gasteiger partial charge in [-0.3, -0.25) is 13.9 Å². The van der Waals surface area contributed by atoms with Crippen LogP contribution in [0.15, 0.2) is 114 Å². The molecule has 4 aromatic rings. The fraction of sp³-hybridized carbons (Fsp3) is 0.297. The number of aryl methyl sites for hydroxylation is 1. The Hall–Kier alpha value is -4.63. The number of nitrogens with one attached hydrogen (secondary N) is 1. The second-order valence-electron chi connectivity index (χ2n) is 12.2. The SMILES string of the molecule is CCC(C(=O)NC(C)(C)C)N(CCc1ccccc1)C(=O)CN(c1ccc(Oc2ccccc2)cc1)S(=O)(=O)c1ccc(C)cc1. The minimum atomic E-state index is -4.18. The highest BCUT2D eigenvalue weighted by Gasteiger charge is 2.34. The van der Waals surface area contributed by atoms with E-state index in [1.165, 1.54) is 17.0 Å². The van der Waals surface area contributed by atoms with Crippen LogP contribution in [-0.2, 0) is 26.0 Å². The fourth-order valence-electron chi connectivity index (χ4n) is 5.02. The van der Waals surface area contributed by atoms with Crippen LogP contribution < -0.4 is 14.4 Å². The van der Waals surface area contributed by atoms with Crippen molar-refractivity contribution in [3.8, 4) is 11.5 Å². The summed E-state index contributed by atoms with van der Waals surface area (Å²) >= 11 is 0. The molecule has 46 heavy (non-hydrogen) atoms. The van der Waals surface area contributed by atoms with Crippen LogP contribution in [0.1, 0.15) is 45.2 Å². The average molecular weight is 642 g/mol. The third-order valence-electron chi connectivity index (χ3n) is 7.36. The topological polar surface area (TPSA) is 96.0 Å². The zero-order valence-electron chi connectivity index (χ0n) is 27.1. The van der Waals surface area contributed by atoms with Crippen LogP contribution in [0, 0.1) is 6.92 Å². The average Bonchev–Trinajstić information content (AvgIpc) is 3.02. The highest BCUT2D eigenvalue weighted by molar-refractivity contribution is 7.92. The van der Waals surface area contributed by atoms with E-state index in [0.717, 1.165) is 15.4 Å². The summed E-state index contributed by atoms with van der Waals surface area (Å²) in [5.74, 6) is 0.394. The lowest BCUT2D eigenvalue weighted by Crippen LogP contribution is -2.56. The summed E-state index contributed by atoms with van der Waals surface area (Å²) < 4.78 is 35.3. The highest BCUT2D eigenvalue weighted by Crippen LogP contribution is 2.29. The monoisotopic (exact) mass is 641 g/mol. The van der Waals surface area contributed by atoms with Gasteiger partial charge in [-0.1, -0.05) is 73.2 Å². The number of nitrogens with zero attached hydrogens (tertiary/aromatic N) is 2. The Morgan fingerprint density at radius 3 is 1.93 bits per heavy atom. The maximum atomic E-state index is 14.3. The molecule has 0 fully saturated rings. The Balaban J connectivity index is 1.70. The molecule has 0 aliphatic rings. The van der Waals surface area contributed by atoms with Gasteiger partial charge >= 0.3 is 0 Å². The van der Waals surface area contributed by atoms with Gasteiger partial charge in [-0.25, -0.2) is 8.42 Å².